The lowest BCUT2D eigenvalue weighted by molar-refractivity contribution is -0.133. The van der Waals surface area contributed by atoms with Crippen molar-refractivity contribution in [1.29, 1.82) is 0 Å². The molecule has 0 radical (unpaired) electrons. The van der Waals surface area contributed by atoms with E-state index in [9.17, 15) is 14.0 Å². The van der Waals surface area contributed by atoms with Crippen LogP contribution in [-0.2, 0) is 9.53 Å². The SMILES string of the molecule is COCCN(CC(=O)N1N=C(c2ccc(C)c(C)c2)C[C@H]1c1ccccc1Cl)C(=O)c1cccc(F)c1. The highest BCUT2D eigenvalue weighted by Gasteiger charge is 2.35. The Hall–Kier alpha value is -3.55. The molecule has 0 saturated carbocycles. The number of halogens is 2. The molecule has 0 fully saturated rings. The van der Waals surface area contributed by atoms with Crippen molar-refractivity contribution < 1.29 is 18.7 Å². The number of carbonyl (C=O) groups is 2. The first-order chi connectivity index (χ1) is 17.8. The molecule has 2 amide bonds. The number of carbonyl (C=O) groups excluding carboxylic acids is 2. The van der Waals surface area contributed by atoms with E-state index in [2.05, 4.69) is 6.07 Å². The maximum atomic E-state index is 13.8. The third-order valence-electron chi connectivity index (χ3n) is 6.52. The van der Waals surface area contributed by atoms with Gasteiger partial charge in [0.2, 0.25) is 0 Å². The first kappa shape index (κ1) is 26.5. The van der Waals surface area contributed by atoms with E-state index < -0.39 is 17.8 Å². The normalized spacial score (nSPS) is 15.0. The van der Waals surface area contributed by atoms with Gasteiger partial charge in [0.05, 0.1) is 18.4 Å². The monoisotopic (exact) mass is 521 g/mol. The van der Waals surface area contributed by atoms with Gasteiger partial charge in [-0.25, -0.2) is 9.40 Å². The zero-order valence-electron chi connectivity index (χ0n) is 21.1. The van der Waals surface area contributed by atoms with Crippen LogP contribution < -0.4 is 0 Å². The van der Waals surface area contributed by atoms with Gasteiger partial charge in [-0.15, -0.1) is 0 Å². The van der Waals surface area contributed by atoms with E-state index in [1.165, 1.54) is 40.8 Å². The lowest BCUT2D eigenvalue weighted by Crippen LogP contribution is -2.42. The average molecular weight is 522 g/mol. The van der Waals surface area contributed by atoms with Crippen LogP contribution in [0.25, 0.3) is 0 Å². The molecule has 6 nitrogen and oxygen atoms in total. The fourth-order valence-electron chi connectivity index (χ4n) is 4.32. The minimum atomic E-state index is -0.523. The molecule has 0 saturated heterocycles. The summed E-state index contributed by atoms with van der Waals surface area (Å²) in [7, 11) is 1.51. The number of nitrogens with zero attached hydrogens (tertiary/aromatic N) is 3. The van der Waals surface area contributed by atoms with Gasteiger partial charge in [0.15, 0.2) is 0 Å². The van der Waals surface area contributed by atoms with Crippen molar-refractivity contribution in [2.24, 2.45) is 5.10 Å². The Balaban J connectivity index is 1.66. The Labute approximate surface area is 221 Å². The number of aryl methyl sites for hydroxylation is 2. The summed E-state index contributed by atoms with van der Waals surface area (Å²) < 4.78 is 18.9. The average Bonchev–Trinajstić information content (AvgIpc) is 3.33. The molecule has 0 N–H and O–H groups in total. The molecule has 0 unspecified atom stereocenters. The van der Waals surface area contributed by atoms with Crippen molar-refractivity contribution in [2.45, 2.75) is 26.3 Å². The predicted octanol–water partition coefficient (Wildman–Crippen LogP) is 5.56. The van der Waals surface area contributed by atoms with Crippen LogP contribution in [0.5, 0.6) is 0 Å². The zero-order chi connectivity index (χ0) is 26.5. The number of benzene rings is 3. The van der Waals surface area contributed by atoms with Gasteiger partial charge in [-0.1, -0.05) is 48.0 Å². The topological polar surface area (TPSA) is 62.2 Å². The van der Waals surface area contributed by atoms with Crippen LogP contribution >= 0.6 is 11.6 Å². The van der Waals surface area contributed by atoms with Gasteiger partial charge in [-0.3, -0.25) is 9.59 Å². The van der Waals surface area contributed by atoms with Gasteiger partial charge in [0.25, 0.3) is 11.8 Å². The summed E-state index contributed by atoms with van der Waals surface area (Å²) >= 11 is 6.53. The molecule has 8 heteroatoms. The highest BCUT2D eigenvalue weighted by molar-refractivity contribution is 6.31. The molecule has 192 valence electrons. The van der Waals surface area contributed by atoms with Gasteiger partial charge in [0.1, 0.15) is 12.4 Å². The number of hydrogen-bond donors (Lipinski definition) is 0. The molecule has 0 bridgehead atoms. The number of amides is 2. The largest absolute Gasteiger partial charge is 0.383 e. The molecule has 37 heavy (non-hydrogen) atoms. The van der Waals surface area contributed by atoms with Gasteiger partial charge in [0, 0.05) is 30.7 Å². The zero-order valence-corrected chi connectivity index (χ0v) is 21.8. The van der Waals surface area contributed by atoms with E-state index in [-0.39, 0.29) is 31.2 Å². The second kappa shape index (κ2) is 11.7. The maximum Gasteiger partial charge on any atom is 0.262 e. The summed E-state index contributed by atoms with van der Waals surface area (Å²) in [6, 6.07) is 18.4. The van der Waals surface area contributed by atoms with Crippen molar-refractivity contribution in [3.8, 4) is 0 Å². The quantitative estimate of drug-likeness (QED) is 0.390. The molecular formula is C29H29ClFN3O3. The van der Waals surface area contributed by atoms with Crippen LogP contribution in [0.4, 0.5) is 4.39 Å². The minimum absolute atomic E-state index is 0.160. The van der Waals surface area contributed by atoms with Crippen LogP contribution in [0.15, 0.2) is 71.8 Å². The van der Waals surface area contributed by atoms with Crippen molar-refractivity contribution in [3.05, 3.63) is 105 Å². The van der Waals surface area contributed by atoms with Crippen molar-refractivity contribution in [2.75, 3.05) is 26.8 Å². The highest BCUT2D eigenvalue weighted by Crippen LogP contribution is 2.36. The standard InChI is InChI=1S/C29H29ClFN3O3/c1-19-11-12-21(15-20(19)2)26-17-27(24-9-4-5-10-25(24)30)34(32-26)28(35)18-33(13-14-37-3)29(36)22-7-6-8-23(31)16-22/h4-12,15-16,27H,13-14,17-18H2,1-3H3/t27-/m0/s1. The summed E-state index contributed by atoms with van der Waals surface area (Å²) in [6.07, 6.45) is 0.480. The van der Waals surface area contributed by atoms with Crippen LogP contribution in [0, 0.1) is 19.7 Å². The second-order valence-electron chi connectivity index (χ2n) is 9.06. The molecule has 4 rings (SSSR count). The van der Waals surface area contributed by atoms with E-state index in [1.54, 1.807) is 6.07 Å². The number of hydrogen-bond acceptors (Lipinski definition) is 4. The van der Waals surface area contributed by atoms with Gasteiger partial charge < -0.3 is 9.64 Å². The molecule has 1 aliphatic rings. The summed E-state index contributed by atoms with van der Waals surface area (Å²) in [5, 5.41) is 6.68. The van der Waals surface area contributed by atoms with Crippen molar-refractivity contribution in [3.63, 3.8) is 0 Å². The minimum Gasteiger partial charge on any atom is -0.383 e. The molecule has 3 aromatic carbocycles. The van der Waals surface area contributed by atoms with E-state index in [0.717, 1.165) is 28.5 Å². The van der Waals surface area contributed by atoms with E-state index in [0.29, 0.717) is 11.4 Å². The lowest BCUT2D eigenvalue weighted by atomic mass is 9.96. The summed E-state index contributed by atoms with van der Waals surface area (Å²) in [4.78, 5) is 28.2. The van der Waals surface area contributed by atoms with Crippen molar-refractivity contribution in [1.82, 2.24) is 9.91 Å². The predicted molar refractivity (Wildman–Crippen MR) is 142 cm³/mol. The van der Waals surface area contributed by atoms with Crippen LogP contribution in [-0.4, -0.2) is 54.2 Å². The first-order valence-corrected chi connectivity index (χ1v) is 12.4. The fraction of sp³-hybridized carbons (Fsp3) is 0.276. The Morgan fingerprint density at radius 2 is 1.86 bits per heavy atom. The Bertz CT molecular complexity index is 1340. The second-order valence-corrected chi connectivity index (χ2v) is 9.46. The van der Waals surface area contributed by atoms with Gasteiger partial charge >= 0.3 is 0 Å². The number of methoxy groups -OCH3 is 1. The Kier molecular flexibility index (Phi) is 8.36. The summed E-state index contributed by atoms with van der Waals surface area (Å²) in [6.45, 7) is 4.22. The third-order valence-corrected chi connectivity index (χ3v) is 6.86. The highest BCUT2D eigenvalue weighted by atomic mass is 35.5. The van der Waals surface area contributed by atoms with Crippen LogP contribution in [0.1, 0.15) is 45.1 Å². The maximum absolute atomic E-state index is 13.8. The molecular weight excluding hydrogens is 493 g/mol. The number of hydrazone groups is 1. The number of rotatable bonds is 8. The molecule has 0 aromatic heterocycles. The molecule has 1 heterocycles. The van der Waals surface area contributed by atoms with Crippen LogP contribution in [0.3, 0.4) is 0 Å². The summed E-state index contributed by atoms with van der Waals surface area (Å²) in [5.41, 5.74) is 4.93. The summed E-state index contributed by atoms with van der Waals surface area (Å²) in [5.74, 6) is -1.36. The van der Waals surface area contributed by atoms with Gasteiger partial charge in [-0.05, 0) is 66.4 Å². The lowest BCUT2D eigenvalue weighted by Gasteiger charge is -2.27. The van der Waals surface area contributed by atoms with Crippen molar-refractivity contribution >= 4 is 29.1 Å². The van der Waals surface area contributed by atoms with E-state index in [4.69, 9.17) is 21.4 Å². The van der Waals surface area contributed by atoms with Gasteiger partial charge in [-0.2, -0.15) is 5.10 Å². The molecule has 1 aliphatic heterocycles. The Morgan fingerprint density at radius 1 is 1.08 bits per heavy atom. The fourth-order valence-corrected chi connectivity index (χ4v) is 4.58. The van der Waals surface area contributed by atoms with E-state index in [1.807, 2.05) is 44.2 Å². The van der Waals surface area contributed by atoms with E-state index >= 15 is 0 Å². The number of ether oxygens (including phenoxy) is 1. The molecule has 0 spiro atoms. The Morgan fingerprint density at radius 3 is 2.57 bits per heavy atom. The smallest absolute Gasteiger partial charge is 0.262 e. The molecule has 3 aromatic rings. The third kappa shape index (κ3) is 6.06. The van der Waals surface area contributed by atoms with Crippen LogP contribution in [0.2, 0.25) is 5.02 Å². The first-order valence-electron chi connectivity index (χ1n) is 12.0. The molecule has 0 aliphatic carbocycles. The molecule has 1 atom stereocenters.